The molecule has 0 radical (unpaired) electrons. The number of rotatable bonds is 4. The number of aromatic nitrogens is 1. The summed E-state index contributed by atoms with van der Waals surface area (Å²) in [6.45, 7) is 2.79. The van der Waals surface area contributed by atoms with Crippen LogP contribution in [0.3, 0.4) is 0 Å². The normalized spacial score (nSPS) is 15.7. The molecule has 5 nitrogen and oxygen atoms in total. The van der Waals surface area contributed by atoms with Crippen LogP contribution in [-0.2, 0) is 9.53 Å². The van der Waals surface area contributed by atoms with E-state index >= 15 is 0 Å². The first-order valence-electron chi connectivity index (χ1n) is 10.1. The van der Waals surface area contributed by atoms with Crippen LogP contribution in [0.4, 0.5) is 4.39 Å². The maximum Gasteiger partial charge on any atom is 0.309 e. The van der Waals surface area contributed by atoms with E-state index in [2.05, 4.69) is 4.98 Å². The third-order valence-corrected chi connectivity index (χ3v) is 5.58. The van der Waals surface area contributed by atoms with Crippen molar-refractivity contribution in [3.63, 3.8) is 0 Å². The van der Waals surface area contributed by atoms with Crippen LogP contribution < -0.4 is 0 Å². The molecule has 3 aromatic rings. The molecule has 0 saturated carbocycles. The van der Waals surface area contributed by atoms with Crippen LogP contribution in [0.15, 0.2) is 60.8 Å². The van der Waals surface area contributed by atoms with E-state index in [0.29, 0.717) is 31.5 Å². The van der Waals surface area contributed by atoms with Crippen LogP contribution in [0.1, 0.15) is 41.8 Å². The van der Waals surface area contributed by atoms with Gasteiger partial charge in [-0.3, -0.25) is 14.6 Å². The molecular formula is C24H23FN2O3. The van der Waals surface area contributed by atoms with Gasteiger partial charge >= 0.3 is 5.97 Å². The number of nitrogens with zero attached hydrogens (tertiary/aromatic N) is 2. The third kappa shape index (κ3) is 4.32. The molecule has 2 heterocycles. The monoisotopic (exact) mass is 406 g/mol. The standard InChI is InChI=1S/C24H23FN2O3/c1-16(20-14-19-4-2-3-5-22(19)26-15-20)30-24(29)18-10-12-27(13-11-18)23(28)17-6-8-21(25)9-7-17/h2-9,14-16,18H,10-13H2,1H3. The van der Waals surface area contributed by atoms with E-state index in [-0.39, 0.29) is 23.6 Å². The van der Waals surface area contributed by atoms with Gasteiger partial charge in [-0.2, -0.15) is 0 Å². The summed E-state index contributed by atoms with van der Waals surface area (Å²) in [6.07, 6.45) is 2.45. The van der Waals surface area contributed by atoms with Gasteiger partial charge in [0.15, 0.2) is 0 Å². The molecule has 0 spiro atoms. The summed E-state index contributed by atoms with van der Waals surface area (Å²) < 4.78 is 18.8. The molecule has 1 aliphatic rings. The van der Waals surface area contributed by atoms with Crippen molar-refractivity contribution in [2.45, 2.75) is 25.9 Å². The van der Waals surface area contributed by atoms with Crippen molar-refractivity contribution < 1.29 is 18.7 Å². The van der Waals surface area contributed by atoms with Crippen molar-refractivity contribution in [3.05, 3.63) is 77.7 Å². The fourth-order valence-corrected chi connectivity index (χ4v) is 3.74. The first-order chi connectivity index (χ1) is 14.5. The molecule has 2 aromatic carbocycles. The Bertz CT molecular complexity index is 1060. The second-order valence-electron chi connectivity index (χ2n) is 7.61. The van der Waals surface area contributed by atoms with Crippen LogP contribution in [0.2, 0.25) is 0 Å². The molecule has 1 aliphatic heterocycles. The number of pyridine rings is 1. The van der Waals surface area contributed by atoms with Gasteiger partial charge in [0.2, 0.25) is 0 Å². The van der Waals surface area contributed by atoms with Gasteiger partial charge in [0.1, 0.15) is 11.9 Å². The Labute approximate surface area is 174 Å². The van der Waals surface area contributed by atoms with Gasteiger partial charge in [-0.05, 0) is 56.2 Å². The van der Waals surface area contributed by atoms with Crippen molar-refractivity contribution in [1.29, 1.82) is 0 Å². The Morgan fingerprint density at radius 3 is 2.53 bits per heavy atom. The number of fused-ring (bicyclic) bond motifs is 1. The quantitative estimate of drug-likeness (QED) is 0.598. The molecule has 1 amide bonds. The number of hydrogen-bond donors (Lipinski definition) is 0. The number of carbonyl (C=O) groups excluding carboxylic acids is 2. The minimum atomic E-state index is -0.395. The largest absolute Gasteiger partial charge is 0.458 e. The Hall–Kier alpha value is -3.28. The van der Waals surface area contributed by atoms with Gasteiger partial charge in [-0.25, -0.2) is 4.39 Å². The van der Waals surface area contributed by atoms with Gasteiger partial charge < -0.3 is 9.64 Å². The Kier molecular flexibility index (Phi) is 5.74. The first kappa shape index (κ1) is 20.0. The van der Waals surface area contributed by atoms with E-state index < -0.39 is 6.10 Å². The molecule has 1 fully saturated rings. The minimum absolute atomic E-state index is 0.141. The zero-order valence-corrected chi connectivity index (χ0v) is 16.8. The Morgan fingerprint density at radius 2 is 1.80 bits per heavy atom. The van der Waals surface area contributed by atoms with Crippen molar-refractivity contribution in [1.82, 2.24) is 9.88 Å². The van der Waals surface area contributed by atoms with Gasteiger partial charge in [0.05, 0.1) is 11.4 Å². The molecule has 1 atom stereocenters. The van der Waals surface area contributed by atoms with Gasteiger partial charge in [-0.15, -0.1) is 0 Å². The number of benzene rings is 2. The summed E-state index contributed by atoms with van der Waals surface area (Å²) in [7, 11) is 0. The molecular weight excluding hydrogens is 383 g/mol. The molecule has 1 aromatic heterocycles. The van der Waals surface area contributed by atoms with Gasteiger partial charge in [-0.1, -0.05) is 18.2 Å². The average Bonchev–Trinajstić information content (AvgIpc) is 2.79. The zero-order valence-electron chi connectivity index (χ0n) is 16.8. The van der Waals surface area contributed by atoms with Crippen molar-refractivity contribution in [2.75, 3.05) is 13.1 Å². The molecule has 1 saturated heterocycles. The number of esters is 1. The molecule has 4 rings (SSSR count). The number of likely N-dealkylation sites (tertiary alicyclic amines) is 1. The highest BCUT2D eigenvalue weighted by atomic mass is 19.1. The van der Waals surface area contributed by atoms with Crippen LogP contribution in [0.5, 0.6) is 0 Å². The highest BCUT2D eigenvalue weighted by Crippen LogP contribution is 2.25. The highest BCUT2D eigenvalue weighted by molar-refractivity contribution is 5.94. The SMILES string of the molecule is CC(OC(=O)C1CCN(C(=O)c2ccc(F)cc2)CC1)c1cnc2ccccc2c1. The smallest absolute Gasteiger partial charge is 0.309 e. The van der Waals surface area contributed by atoms with E-state index in [1.165, 1.54) is 24.3 Å². The number of ether oxygens (including phenoxy) is 1. The zero-order chi connectivity index (χ0) is 21.1. The summed E-state index contributed by atoms with van der Waals surface area (Å²) in [6, 6.07) is 15.3. The molecule has 0 bridgehead atoms. The summed E-state index contributed by atoms with van der Waals surface area (Å²) >= 11 is 0. The van der Waals surface area contributed by atoms with Crippen molar-refractivity contribution >= 4 is 22.8 Å². The fourth-order valence-electron chi connectivity index (χ4n) is 3.74. The van der Waals surface area contributed by atoms with E-state index in [9.17, 15) is 14.0 Å². The molecule has 154 valence electrons. The highest BCUT2D eigenvalue weighted by Gasteiger charge is 2.30. The van der Waals surface area contributed by atoms with E-state index in [1.807, 2.05) is 37.3 Å². The summed E-state index contributed by atoms with van der Waals surface area (Å²) in [4.78, 5) is 31.3. The molecule has 0 aliphatic carbocycles. The molecule has 1 unspecified atom stereocenters. The second kappa shape index (κ2) is 8.61. The number of halogens is 1. The van der Waals surface area contributed by atoms with E-state index in [0.717, 1.165) is 16.5 Å². The van der Waals surface area contributed by atoms with Crippen molar-refractivity contribution in [2.24, 2.45) is 5.92 Å². The number of amides is 1. The second-order valence-corrected chi connectivity index (χ2v) is 7.61. The predicted octanol–water partition coefficient (Wildman–Crippen LogP) is 4.53. The lowest BCUT2D eigenvalue weighted by Gasteiger charge is -2.31. The van der Waals surface area contributed by atoms with Gasteiger partial charge in [0, 0.05) is 35.8 Å². The molecule has 30 heavy (non-hydrogen) atoms. The average molecular weight is 406 g/mol. The topological polar surface area (TPSA) is 59.5 Å². The summed E-state index contributed by atoms with van der Waals surface area (Å²) in [5, 5.41) is 1.01. The van der Waals surface area contributed by atoms with E-state index in [1.54, 1.807) is 11.1 Å². The molecule has 0 N–H and O–H groups in total. The fraction of sp³-hybridized carbons (Fsp3) is 0.292. The third-order valence-electron chi connectivity index (χ3n) is 5.58. The number of carbonyl (C=O) groups is 2. The number of para-hydroxylation sites is 1. The number of hydrogen-bond acceptors (Lipinski definition) is 4. The van der Waals surface area contributed by atoms with Crippen LogP contribution in [0.25, 0.3) is 10.9 Å². The summed E-state index contributed by atoms with van der Waals surface area (Å²) in [5.41, 5.74) is 2.21. The maximum atomic E-state index is 13.1. The molecule has 6 heteroatoms. The maximum absolute atomic E-state index is 13.1. The van der Waals surface area contributed by atoms with Gasteiger partial charge in [0.25, 0.3) is 5.91 Å². The predicted molar refractivity (Wildman–Crippen MR) is 111 cm³/mol. The lowest BCUT2D eigenvalue weighted by Crippen LogP contribution is -2.40. The van der Waals surface area contributed by atoms with Crippen LogP contribution in [0, 0.1) is 11.7 Å². The summed E-state index contributed by atoms with van der Waals surface area (Å²) in [5.74, 6) is -0.996. The Morgan fingerprint density at radius 1 is 1.10 bits per heavy atom. The van der Waals surface area contributed by atoms with Crippen LogP contribution in [-0.4, -0.2) is 34.8 Å². The lowest BCUT2D eigenvalue weighted by atomic mass is 9.96. The minimum Gasteiger partial charge on any atom is -0.458 e. The Balaban J connectivity index is 1.33. The number of piperidine rings is 1. The van der Waals surface area contributed by atoms with Crippen LogP contribution >= 0.6 is 0 Å². The van der Waals surface area contributed by atoms with Crippen molar-refractivity contribution in [3.8, 4) is 0 Å². The lowest BCUT2D eigenvalue weighted by molar-refractivity contribution is -0.155. The first-order valence-corrected chi connectivity index (χ1v) is 10.1. The van der Waals surface area contributed by atoms with E-state index in [4.69, 9.17) is 4.74 Å².